The van der Waals surface area contributed by atoms with Crippen LogP contribution in [-0.2, 0) is 19.4 Å². The van der Waals surface area contributed by atoms with Crippen LogP contribution in [0.5, 0.6) is 0 Å². The summed E-state index contributed by atoms with van der Waals surface area (Å²) in [6.45, 7) is 6.18. The van der Waals surface area contributed by atoms with Crippen molar-refractivity contribution in [3.8, 4) is 0 Å². The van der Waals surface area contributed by atoms with Crippen molar-refractivity contribution >= 4 is 11.6 Å². The molecular weight excluding hydrogens is 248 g/mol. The lowest BCUT2D eigenvalue weighted by Crippen LogP contribution is -2.16. The Morgan fingerprint density at radius 1 is 1.39 bits per heavy atom. The Kier molecular flexibility index (Phi) is 3.72. The quantitative estimate of drug-likeness (QED) is 0.828. The van der Waals surface area contributed by atoms with Crippen molar-refractivity contribution in [2.75, 3.05) is 5.88 Å². The topological polar surface area (TPSA) is 40.5 Å². The van der Waals surface area contributed by atoms with Crippen molar-refractivity contribution in [1.29, 1.82) is 0 Å². The molecule has 1 aromatic carbocycles. The molecule has 0 bridgehead atoms. The molecule has 2 N–H and O–H groups in total. The summed E-state index contributed by atoms with van der Waals surface area (Å²) in [7, 11) is 0. The Hall–Kier alpha value is -0.570. The second kappa shape index (κ2) is 4.84. The van der Waals surface area contributed by atoms with E-state index in [9.17, 15) is 10.2 Å². The largest absolute Gasteiger partial charge is 0.392 e. The van der Waals surface area contributed by atoms with E-state index in [-0.39, 0.29) is 12.0 Å². The van der Waals surface area contributed by atoms with Gasteiger partial charge in [-0.05, 0) is 53.0 Å². The maximum absolute atomic E-state index is 10.4. The van der Waals surface area contributed by atoms with E-state index in [1.807, 2.05) is 6.92 Å². The van der Waals surface area contributed by atoms with E-state index in [1.165, 1.54) is 0 Å². The third-order valence-corrected chi connectivity index (χ3v) is 4.28. The maximum atomic E-state index is 10.4. The number of aryl methyl sites for hydroxylation is 1. The summed E-state index contributed by atoms with van der Waals surface area (Å²) in [5.41, 5.74) is 5.21. The first-order chi connectivity index (χ1) is 8.42. The van der Waals surface area contributed by atoms with Crippen LogP contribution in [0.15, 0.2) is 6.07 Å². The number of benzene rings is 1. The highest BCUT2D eigenvalue weighted by atomic mass is 35.5. The first-order valence-corrected chi connectivity index (χ1v) is 6.95. The Morgan fingerprint density at radius 3 is 2.61 bits per heavy atom. The lowest BCUT2D eigenvalue weighted by Gasteiger charge is -2.22. The van der Waals surface area contributed by atoms with Gasteiger partial charge in [0.05, 0.1) is 12.7 Å². The molecule has 1 aliphatic carbocycles. The van der Waals surface area contributed by atoms with Gasteiger partial charge < -0.3 is 10.2 Å². The molecule has 0 heterocycles. The van der Waals surface area contributed by atoms with Crippen LogP contribution in [0, 0.1) is 12.3 Å². The summed E-state index contributed by atoms with van der Waals surface area (Å²) < 4.78 is 0. The van der Waals surface area contributed by atoms with Crippen LogP contribution in [0.25, 0.3) is 0 Å². The van der Waals surface area contributed by atoms with Crippen LogP contribution in [0.1, 0.15) is 47.8 Å². The number of hydrogen-bond acceptors (Lipinski definition) is 2. The van der Waals surface area contributed by atoms with Crippen molar-refractivity contribution in [2.24, 2.45) is 5.41 Å². The van der Waals surface area contributed by atoms with E-state index in [0.717, 1.165) is 40.7 Å². The third kappa shape index (κ3) is 2.07. The fourth-order valence-corrected chi connectivity index (χ4v) is 3.25. The van der Waals surface area contributed by atoms with Crippen LogP contribution in [0.2, 0.25) is 0 Å². The number of alkyl halides is 1. The Morgan fingerprint density at radius 2 is 2.06 bits per heavy atom. The fraction of sp³-hybridized carbons (Fsp3) is 0.600. The first kappa shape index (κ1) is 13.9. The number of halogens is 1. The van der Waals surface area contributed by atoms with Crippen LogP contribution < -0.4 is 0 Å². The van der Waals surface area contributed by atoms with Crippen molar-refractivity contribution < 1.29 is 10.2 Å². The second-order valence-corrected chi connectivity index (χ2v) is 6.26. The molecule has 1 unspecified atom stereocenters. The van der Waals surface area contributed by atoms with Gasteiger partial charge in [-0.2, -0.15) is 0 Å². The summed E-state index contributed by atoms with van der Waals surface area (Å²) in [5, 5.41) is 20.0. The van der Waals surface area contributed by atoms with Gasteiger partial charge in [0.25, 0.3) is 0 Å². The minimum absolute atomic E-state index is 0.0268. The Labute approximate surface area is 114 Å². The normalized spacial score (nSPS) is 21.1. The van der Waals surface area contributed by atoms with Crippen molar-refractivity contribution in [1.82, 2.24) is 0 Å². The van der Waals surface area contributed by atoms with Gasteiger partial charge in [0.15, 0.2) is 0 Å². The zero-order chi connectivity index (χ0) is 13.5. The molecule has 0 amide bonds. The monoisotopic (exact) mass is 268 g/mol. The molecule has 1 aromatic rings. The highest BCUT2D eigenvalue weighted by Crippen LogP contribution is 2.47. The van der Waals surface area contributed by atoms with E-state index in [2.05, 4.69) is 19.9 Å². The van der Waals surface area contributed by atoms with Gasteiger partial charge in [-0.15, -0.1) is 11.6 Å². The summed E-state index contributed by atoms with van der Waals surface area (Å²) in [6, 6.07) is 2.07. The van der Waals surface area contributed by atoms with Gasteiger partial charge in [0.1, 0.15) is 0 Å². The summed E-state index contributed by atoms with van der Waals surface area (Å²) in [6.07, 6.45) is 1.14. The number of rotatable bonds is 3. The predicted molar refractivity (Wildman–Crippen MR) is 74.0 cm³/mol. The minimum Gasteiger partial charge on any atom is -0.392 e. The third-order valence-electron chi connectivity index (χ3n) is 4.09. The molecule has 100 valence electrons. The average Bonchev–Trinajstić information content (AvgIpc) is 2.53. The molecule has 0 spiro atoms. The van der Waals surface area contributed by atoms with Crippen LogP contribution in [0.3, 0.4) is 0 Å². The lowest BCUT2D eigenvalue weighted by molar-refractivity contribution is 0.0665. The van der Waals surface area contributed by atoms with Crippen molar-refractivity contribution in [2.45, 2.75) is 46.3 Å². The van der Waals surface area contributed by atoms with Gasteiger partial charge in [0.2, 0.25) is 0 Å². The van der Waals surface area contributed by atoms with Crippen molar-refractivity contribution in [3.05, 3.63) is 33.9 Å². The predicted octanol–water partition coefficient (Wildman–Crippen LogP) is 2.88. The average molecular weight is 269 g/mol. The molecule has 2 nitrogen and oxygen atoms in total. The smallest absolute Gasteiger partial charge is 0.0846 e. The molecule has 1 aliphatic rings. The lowest BCUT2D eigenvalue weighted by atomic mass is 9.87. The molecule has 0 radical (unpaired) electrons. The van der Waals surface area contributed by atoms with E-state index in [0.29, 0.717) is 5.88 Å². The second-order valence-electron chi connectivity index (χ2n) is 5.88. The van der Waals surface area contributed by atoms with E-state index in [4.69, 9.17) is 11.6 Å². The van der Waals surface area contributed by atoms with E-state index in [1.54, 1.807) is 0 Å². The van der Waals surface area contributed by atoms with Gasteiger partial charge in [-0.3, -0.25) is 0 Å². The number of fused-ring (bicyclic) bond motifs is 1. The van der Waals surface area contributed by atoms with Crippen LogP contribution in [-0.4, -0.2) is 16.1 Å². The highest BCUT2D eigenvalue weighted by Gasteiger charge is 2.39. The molecular formula is C15H21ClO2. The molecule has 0 aliphatic heterocycles. The van der Waals surface area contributed by atoms with Crippen molar-refractivity contribution in [3.63, 3.8) is 0 Å². The van der Waals surface area contributed by atoms with Gasteiger partial charge in [0, 0.05) is 5.88 Å². The highest BCUT2D eigenvalue weighted by molar-refractivity contribution is 6.18. The van der Waals surface area contributed by atoms with Gasteiger partial charge in [-0.25, -0.2) is 0 Å². The summed E-state index contributed by atoms with van der Waals surface area (Å²) in [5.74, 6) is 0.554. The molecule has 1 atom stereocenters. The van der Waals surface area contributed by atoms with E-state index < -0.39 is 6.10 Å². The molecule has 0 saturated heterocycles. The Bertz CT molecular complexity index is 466. The summed E-state index contributed by atoms with van der Waals surface area (Å²) in [4.78, 5) is 0. The van der Waals surface area contributed by atoms with E-state index >= 15 is 0 Å². The molecule has 18 heavy (non-hydrogen) atoms. The molecule has 0 aromatic heterocycles. The van der Waals surface area contributed by atoms with Crippen LogP contribution >= 0.6 is 11.6 Å². The number of aliphatic hydroxyl groups is 2. The summed E-state index contributed by atoms with van der Waals surface area (Å²) >= 11 is 5.84. The zero-order valence-corrected chi connectivity index (χ0v) is 12.0. The van der Waals surface area contributed by atoms with Gasteiger partial charge >= 0.3 is 0 Å². The molecule has 0 fully saturated rings. The standard InChI is InChI=1S/C15H21ClO2/c1-9-6-11-12(7-15(2,3)14(11)18)13(8-17)10(9)4-5-16/h6,14,17-18H,4-5,7-8H2,1-3H3. The number of aliphatic hydroxyl groups excluding tert-OH is 2. The molecule has 0 saturated carbocycles. The molecule has 2 rings (SSSR count). The first-order valence-electron chi connectivity index (χ1n) is 6.41. The zero-order valence-electron chi connectivity index (χ0n) is 11.3. The van der Waals surface area contributed by atoms with Crippen LogP contribution in [0.4, 0.5) is 0 Å². The minimum atomic E-state index is -0.443. The van der Waals surface area contributed by atoms with Gasteiger partial charge in [-0.1, -0.05) is 19.9 Å². The molecule has 3 heteroatoms. The maximum Gasteiger partial charge on any atom is 0.0846 e. The Balaban J connectivity index is 2.61. The number of hydrogen-bond donors (Lipinski definition) is 2. The SMILES string of the molecule is Cc1cc2c(c(CO)c1CCCl)CC(C)(C)C2O. The fourth-order valence-electron chi connectivity index (χ4n) is 3.06.